The van der Waals surface area contributed by atoms with Gasteiger partial charge in [0.15, 0.2) is 0 Å². The molecule has 0 aromatic heterocycles. The molecule has 9 heteroatoms. The number of nitrogens with zero attached hydrogens (tertiary/aromatic N) is 1. The minimum Gasteiger partial charge on any atom is -0.480 e. The zero-order valence-corrected chi connectivity index (χ0v) is 15.8. The number of hydrogen-bond donors (Lipinski definition) is 4. The fourth-order valence-electron chi connectivity index (χ4n) is 4.00. The quantitative estimate of drug-likeness (QED) is 0.535. The maximum Gasteiger partial charge on any atom is 0.416 e. The fraction of sp³-hybridized carbons (Fsp3) is 0.632. The number of aliphatic carboxylic acids is 1. The number of hydrogen-bond acceptors (Lipinski definition) is 5. The second kappa shape index (κ2) is 8.77. The minimum absolute atomic E-state index is 0.0511. The molecule has 0 spiro atoms. The van der Waals surface area contributed by atoms with Crippen LogP contribution in [0.2, 0.25) is 0 Å². The highest BCUT2D eigenvalue weighted by atomic mass is 19.4. The summed E-state index contributed by atoms with van der Waals surface area (Å²) in [5, 5.41) is 12.5. The van der Waals surface area contributed by atoms with Crippen LogP contribution in [-0.2, 0) is 11.0 Å². The predicted octanol–water partition coefficient (Wildman–Crippen LogP) is 2.00. The number of alkyl halides is 3. The predicted molar refractivity (Wildman–Crippen MR) is 98.5 cm³/mol. The lowest BCUT2D eigenvalue weighted by Gasteiger charge is -2.43. The Morgan fingerprint density at radius 2 is 1.96 bits per heavy atom. The van der Waals surface area contributed by atoms with Gasteiger partial charge in [0, 0.05) is 31.1 Å². The molecule has 3 rings (SSSR count). The highest BCUT2D eigenvalue weighted by molar-refractivity contribution is 5.69. The van der Waals surface area contributed by atoms with Crippen molar-refractivity contribution in [3.8, 4) is 0 Å². The first kappa shape index (κ1) is 21.0. The van der Waals surface area contributed by atoms with E-state index in [1.54, 1.807) is 0 Å². The number of hydrazine groups is 1. The van der Waals surface area contributed by atoms with Gasteiger partial charge in [-0.3, -0.25) is 15.1 Å². The van der Waals surface area contributed by atoms with Gasteiger partial charge in [0.2, 0.25) is 0 Å². The van der Waals surface area contributed by atoms with Crippen LogP contribution in [0.4, 0.5) is 13.2 Å². The van der Waals surface area contributed by atoms with Crippen molar-refractivity contribution in [2.24, 2.45) is 5.92 Å². The Morgan fingerprint density at radius 3 is 2.54 bits per heavy atom. The molecule has 1 aromatic rings. The van der Waals surface area contributed by atoms with Crippen LogP contribution in [0, 0.1) is 5.92 Å². The Hall–Kier alpha value is -1.68. The standard InChI is InChI=1S/C19H27F3N4O2/c1-2-26(11-17(27)28)16-7-15(8-16)23-9-13-10-24-25-18(13)12-3-5-14(6-4-12)19(20,21)22/h3-6,13,15-16,18,23-25H,2,7-11H2,1H3,(H,27,28). The van der Waals surface area contributed by atoms with Crippen LogP contribution in [0.5, 0.6) is 0 Å². The van der Waals surface area contributed by atoms with Crippen molar-refractivity contribution >= 4 is 5.97 Å². The van der Waals surface area contributed by atoms with Crippen LogP contribution in [0.1, 0.15) is 36.9 Å². The zero-order valence-electron chi connectivity index (χ0n) is 15.8. The summed E-state index contributed by atoms with van der Waals surface area (Å²) in [6, 6.07) is 5.90. The van der Waals surface area contributed by atoms with Crippen LogP contribution in [0.25, 0.3) is 0 Å². The largest absolute Gasteiger partial charge is 0.480 e. The first-order valence-electron chi connectivity index (χ1n) is 9.62. The van der Waals surface area contributed by atoms with Crippen LogP contribution >= 0.6 is 0 Å². The molecular weight excluding hydrogens is 373 g/mol. The molecule has 28 heavy (non-hydrogen) atoms. The summed E-state index contributed by atoms with van der Waals surface area (Å²) in [6.07, 6.45) is -2.49. The second-order valence-corrected chi connectivity index (χ2v) is 7.57. The number of carboxylic acids is 1. The average Bonchev–Trinajstić information content (AvgIpc) is 3.06. The number of nitrogens with one attached hydrogen (secondary N) is 3. The summed E-state index contributed by atoms with van der Waals surface area (Å²) in [4.78, 5) is 12.9. The summed E-state index contributed by atoms with van der Waals surface area (Å²) >= 11 is 0. The van der Waals surface area contributed by atoms with Gasteiger partial charge in [-0.05, 0) is 37.1 Å². The molecule has 0 radical (unpaired) electrons. The molecule has 1 saturated heterocycles. The van der Waals surface area contributed by atoms with E-state index in [2.05, 4.69) is 16.2 Å². The molecule has 2 unspecified atom stereocenters. The number of carbonyl (C=O) groups is 1. The molecule has 156 valence electrons. The summed E-state index contributed by atoms with van der Waals surface area (Å²) in [6.45, 7) is 4.23. The Labute approximate surface area is 162 Å². The van der Waals surface area contributed by atoms with Crippen LogP contribution < -0.4 is 16.2 Å². The third kappa shape index (κ3) is 5.02. The number of likely N-dealkylation sites (N-methyl/N-ethyl adjacent to an activating group) is 1. The first-order valence-corrected chi connectivity index (χ1v) is 9.62. The van der Waals surface area contributed by atoms with E-state index in [4.69, 9.17) is 5.11 Å². The summed E-state index contributed by atoms with van der Waals surface area (Å²) in [5.74, 6) is -0.585. The summed E-state index contributed by atoms with van der Waals surface area (Å²) in [5.41, 5.74) is 6.44. The number of benzene rings is 1. The zero-order chi connectivity index (χ0) is 20.3. The molecule has 0 bridgehead atoms. The van der Waals surface area contributed by atoms with Gasteiger partial charge in [-0.2, -0.15) is 13.2 Å². The number of carboxylic acid groups (broad SMARTS) is 1. The third-order valence-electron chi connectivity index (χ3n) is 5.73. The Morgan fingerprint density at radius 1 is 1.29 bits per heavy atom. The van der Waals surface area contributed by atoms with E-state index in [9.17, 15) is 18.0 Å². The van der Waals surface area contributed by atoms with Crippen molar-refractivity contribution in [2.75, 3.05) is 26.2 Å². The van der Waals surface area contributed by atoms with Crippen molar-refractivity contribution in [1.82, 2.24) is 21.1 Å². The van der Waals surface area contributed by atoms with Crippen molar-refractivity contribution in [1.29, 1.82) is 0 Å². The van der Waals surface area contributed by atoms with Gasteiger partial charge >= 0.3 is 12.1 Å². The van der Waals surface area contributed by atoms with E-state index in [1.807, 2.05) is 11.8 Å². The van der Waals surface area contributed by atoms with E-state index in [-0.39, 0.29) is 18.5 Å². The minimum atomic E-state index is -4.32. The second-order valence-electron chi connectivity index (χ2n) is 7.57. The maximum atomic E-state index is 12.7. The summed E-state index contributed by atoms with van der Waals surface area (Å²) < 4.78 is 38.2. The highest BCUT2D eigenvalue weighted by Crippen LogP contribution is 2.32. The summed E-state index contributed by atoms with van der Waals surface area (Å²) in [7, 11) is 0. The Kier molecular flexibility index (Phi) is 6.59. The SMILES string of the molecule is CCN(CC(=O)O)C1CC(NCC2CNNC2c2ccc(C(F)(F)F)cc2)C1. The van der Waals surface area contributed by atoms with Crippen molar-refractivity contribution < 1.29 is 23.1 Å². The molecule has 2 aliphatic rings. The molecule has 2 atom stereocenters. The lowest BCUT2D eigenvalue weighted by molar-refractivity contribution is -0.139. The van der Waals surface area contributed by atoms with Gasteiger partial charge in [0.25, 0.3) is 0 Å². The molecular formula is C19H27F3N4O2. The monoisotopic (exact) mass is 400 g/mol. The average molecular weight is 400 g/mol. The van der Waals surface area contributed by atoms with E-state index in [0.717, 1.165) is 50.2 Å². The lowest BCUT2D eigenvalue weighted by Crippen LogP contribution is -2.54. The molecule has 1 heterocycles. The van der Waals surface area contributed by atoms with Gasteiger partial charge < -0.3 is 10.4 Å². The topological polar surface area (TPSA) is 76.6 Å². The van der Waals surface area contributed by atoms with Gasteiger partial charge in [-0.15, -0.1) is 0 Å². The van der Waals surface area contributed by atoms with Gasteiger partial charge in [0.05, 0.1) is 18.2 Å². The molecule has 1 aromatic carbocycles. The normalized spacial score (nSPS) is 27.8. The van der Waals surface area contributed by atoms with Gasteiger partial charge in [-0.25, -0.2) is 5.43 Å². The Balaban J connectivity index is 1.48. The molecule has 1 aliphatic heterocycles. The molecule has 6 nitrogen and oxygen atoms in total. The van der Waals surface area contributed by atoms with Gasteiger partial charge in [0.1, 0.15) is 0 Å². The molecule has 4 N–H and O–H groups in total. The smallest absolute Gasteiger partial charge is 0.416 e. The van der Waals surface area contributed by atoms with Crippen LogP contribution in [0.3, 0.4) is 0 Å². The van der Waals surface area contributed by atoms with E-state index in [0.29, 0.717) is 12.1 Å². The number of halogens is 3. The van der Waals surface area contributed by atoms with Gasteiger partial charge in [-0.1, -0.05) is 19.1 Å². The molecule has 1 aliphatic carbocycles. The third-order valence-corrected chi connectivity index (χ3v) is 5.73. The molecule has 2 fully saturated rings. The van der Waals surface area contributed by atoms with E-state index >= 15 is 0 Å². The van der Waals surface area contributed by atoms with Crippen molar-refractivity contribution in [3.05, 3.63) is 35.4 Å². The van der Waals surface area contributed by atoms with E-state index in [1.165, 1.54) is 12.1 Å². The van der Waals surface area contributed by atoms with E-state index < -0.39 is 17.7 Å². The van der Waals surface area contributed by atoms with Crippen LogP contribution in [0.15, 0.2) is 24.3 Å². The lowest BCUT2D eigenvalue weighted by atomic mass is 9.84. The van der Waals surface area contributed by atoms with Crippen molar-refractivity contribution in [3.63, 3.8) is 0 Å². The highest BCUT2D eigenvalue weighted by Gasteiger charge is 2.36. The molecule has 1 saturated carbocycles. The Bertz CT molecular complexity index is 662. The maximum absolute atomic E-state index is 12.7. The molecule has 0 amide bonds. The fourth-order valence-corrected chi connectivity index (χ4v) is 4.00. The van der Waals surface area contributed by atoms with Crippen molar-refractivity contribution in [2.45, 2.75) is 44.1 Å². The first-order chi connectivity index (χ1) is 13.3. The van der Waals surface area contributed by atoms with Crippen LogP contribution in [-0.4, -0.2) is 54.2 Å². The number of rotatable bonds is 8.